The van der Waals surface area contributed by atoms with Gasteiger partial charge in [-0.2, -0.15) is 9.94 Å². The van der Waals surface area contributed by atoms with Gasteiger partial charge in [-0.25, -0.2) is 0 Å². The minimum absolute atomic E-state index is 0.425. The molecule has 0 fully saturated rings. The van der Waals surface area contributed by atoms with Crippen molar-refractivity contribution < 1.29 is 0 Å². The molecule has 0 aliphatic rings. The molecule has 0 radical (unpaired) electrons. The van der Waals surface area contributed by atoms with Crippen molar-refractivity contribution in [2.24, 2.45) is 0 Å². The maximum atomic E-state index is 9.22. The number of tetrazole rings is 1. The van der Waals surface area contributed by atoms with Crippen molar-refractivity contribution in [3.05, 3.63) is 54.1 Å². The smallest absolute Gasteiger partial charge is 0.187 e. The molecule has 0 bridgehead atoms. The first-order valence-electron chi connectivity index (χ1n) is 5.93. The number of rotatable bonds is 2. The highest BCUT2D eigenvalue weighted by molar-refractivity contribution is 5.62. The number of aromatic nitrogens is 4. The standard InChI is InChI=1S/C14H10N6/c15-9-11-8-12(16)6-7-13(11)20-14(17-18-19-20)10-4-2-1-3-5-10/h1-8H,16H2. The number of nitriles is 1. The van der Waals surface area contributed by atoms with Gasteiger partial charge in [0.15, 0.2) is 5.82 Å². The van der Waals surface area contributed by atoms with Crippen molar-refractivity contribution in [3.8, 4) is 23.1 Å². The molecule has 6 heteroatoms. The van der Waals surface area contributed by atoms with Crippen molar-refractivity contribution in [2.45, 2.75) is 0 Å². The summed E-state index contributed by atoms with van der Waals surface area (Å²) in [6.07, 6.45) is 0. The van der Waals surface area contributed by atoms with Crippen LogP contribution in [0.3, 0.4) is 0 Å². The summed E-state index contributed by atoms with van der Waals surface area (Å²) in [5, 5.41) is 20.9. The molecule has 96 valence electrons. The fraction of sp³-hybridized carbons (Fsp3) is 0. The lowest BCUT2D eigenvalue weighted by molar-refractivity contribution is 0.790. The Hall–Kier alpha value is -3.20. The third-order valence-electron chi connectivity index (χ3n) is 2.87. The lowest BCUT2D eigenvalue weighted by Gasteiger charge is -2.07. The molecular weight excluding hydrogens is 252 g/mol. The number of benzene rings is 2. The van der Waals surface area contributed by atoms with E-state index < -0.39 is 0 Å². The van der Waals surface area contributed by atoms with Gasteiger partial charge < -0.3 is 5.73 Å². The van der Waals surface area contributed by atoms with Gasteiger partial charge in [0.25, 0.3) is 0 Å². The fourth-order valence-corrected chi connectivity index (χ4v) is 1.94. The average Bonchev–Trinajstić information content (AvgIpc) is 2.97. The van der Waals surface area contributed by atoms with E-state index in [0.717, 1.165) is 5.56 Å². The minimum Gasteiger partial charge on any atom is -0.399 e. The molecule has 2 aromatic carbocycles. The second-order valence-electron chi connectivity index (χ2n) is 4.17. The molecule has 0 atom stereocenters. The fourth-order valence-electron chi connectivity index (χ4n) is 1.94. The topological polar surface area (TPSA) is 93.4 Å². The van der Waals surface area contributed by atoms with E-state index in [9.17, 15) is 5.26 Å². The quantitative estimate of drug-likeness (QED) is 0.710. The largest absolute Gasteiger partial charge is 0.399 e. The Bertz CT molecular complexity index is 785. The molecule has 0 amide bonds. The molecule has 3 aromatic rings. The number of anilines is 1. The van der Waals surface area contributed by atoms with Crippen LogP contribution in [0.25, 0.3) is 17.1 Å². The van der Waals surface area contributed by atoms with Crippen molar-refractivity contribution in [1.82, 2.24) is 20.2 Å². The molecule has 2 N–H and O–H groups in total. The van der Waals surface area contributed by atoms with Crippen molar-refractivity contribution in [3.63, 3.8) is 0 Å². The molecule has 0 aliphatic heterocycles. The minimum atomic E-state index is 0.425. The van der Waals surface area contributed by atoms with Gasteiger partial charge in [0, 0.05) is 11.3 Å². The molecule has 6 nitrogen and oxygen atoms in total. The van der Waals surface area contributed by atoms with Crippen LogP contribution in [-0.2, 0) is 0 Å². The Kier molecular flexibility index (Phi) is 2.86. The first kappa shape index (κ1) is 11.9. The van der Waals surface area contributed by atoms with Gasteiger partial charge in [-0.1, -0.05) is 30.3 Å². The Labute approximate surface area is 115 Å². The second kappa shape index (κ2) is 4.82. The van der Waals surface area contributed by atoms with Crippen LogP contribution in [0.5, 0.6) is 0 Å². The highest BCUT2D eigenvalue weighted by Crippen LogP contribution is 2.22. The van der Waals surface area contributed by atoms with E-state index in [4.69, 9.17) is 5.73 Å². The van der Waals surface area contributed by atoms with Gasteiger partial charge in [0.05, 0.1) is 11.3 Å². The summed E-state index contributed by atoms with van der Waals surface area (Å²) in [5.74, 6) is 0.576. The summed E-state index contributed by atoms with van der Waals surface area (Å²) in [6, 6.07) is 16.7. The zero-order valence-electron chi connectivity index (χ0n) is 10.4. The SMILES string of the molecule is N#Cc1cc(N)ccc1-n1nnnc1-c1ccccc1. The van der Waals surface area contributed by atoms with Crippen molar-refractivity contribution >= 4 is 5.69 Å². The first-order chi connectivity index (χ1) is 9.79. The van der Waals surface area contributed by atoms with E-state index >= 15 is 0 Å². The Morgan fingerprint density at radius 3 is 2.65 bits per heavy atom. The maximum absolute atomic E-state index is 9.22. The van der Waals surface area contributed by atoms with Gasteiger partial charge in [-0.3, -0.25) is 0 Å². The predicted octanol–water partition coefficient (Wildman–Crippen LogP) is 1.78. The van der Waals surface area contributed by atoms with Gasteiger partial charge in [-0.05, 0) is 28.6 Å². The number of nitrogens with zero attached hydrogens (tertiary/aromatic N) is 5. The van der Waals surface area contributed by atoms with Gasteiger partial charge in [-0.15, -0.1) is 5.10 Å². The van der Waals surface area contributed by atoms with Crippen molar-refractivity contribution in [2.75, 3.05) is 5.73 Å². The number of hydrogen-bond acceptors (Lipinski definition) is 5. The first-order valence-corrected chi connectivity index (χ1v) is 5.93. The highest BCUT2D eigenvalue weighted by atomic mass is 15.5. The van der Waals surface area contributed by atoms with Crippen LogP contribution < -0.4 is 5.73 Å². The Balaban J connectivity index is 2.19. The summed E-state index contributed by atoms with van der Waals surface area (Å²) in [4.78, 5) is 0. The summed E-state index contributed by atoms with van der Waals surface area (Å²) < 4.78 is 1.54. The second-order valence-corrected chi connectivity index (χ2v) is 4.17. The number of nitrogens with two attached hydrogens (primary N) is 1. The number of nitrogen functional groups attached to an aromatic ring is 1. The average molecular weight is 262 g/mol. The van der Waals surface area contributed by atoms with E-state index in [1.54, 1.807) is 18.2 Å². The van der Waals surface area contributed by atoms with E-state index in [1.165, 1.54) is 4.68 Å². The highest BCUT2D eigenvalue weighted by Gasteiger charge is 2.13. The van der Waals surface area contributed by atoms with Crippen LogP contribution in [-0.4, -0.2) is 20.2 Å². The van der Waals surface area contributed by atoms with Gasteiger partial charge in [0.2, 0.25) is 0 Å². The molecule has 0 spiro atoms. The predicted molar refractivity (Wildman–Crippen MR) is 73.7 cm³/mol. The lowest BCUT2D eigenvalue weighted by atomic mass is 10.1. The normalized spacial score (nSPS) is 10.2. The van der Waals surface area contributed by atoms with Crippen LogP contribution in [0.4, 0.5) is 5.69 Å². The molecular formula is C14H10N6. The molecule has 1 heterocycles. The molecule has 0 saturated carbocycles. The lowest BCUT2D eigenvalue weighted by Crippen LogP contribution is -2.03. The zero-order valence-corrected chi connectivity index (χ0v) is 10.4. The zero-order chi connectivity index (χ0) is 13.9. The third-order valence-corrected chi connectivity index (χ3v) is 2.87. The molecule has 0 aliphatic carbocycles. The third kappa shape index (κ3) is 1.97. The summed E-state index contributed by atoms with van der Waals surface area (Å²) in [6.45, 7) is 0. The number of hydrogen-bond donors (Lipinski definition) is 1. The monoisotopic (exact) mass is 262 g/mol. The molecule has 0 unspecified atom stereocenters. The van der Waals surface area contributed by atoms with E-state index in [0.29, 0.717) is 22.8 Å². The summed E-state index contributed by atoms with van der Waals surface area (Å²) >= 11 is 0. The Morgan fingerprint density at radius 1 is 1.10 bits per heavy atom. The Morgan fingerprint density at radius 2 is 1.90 bits per heavy atom. The maximum Gasteiger partial charge on any atom is 0.187 e. The summed E-state index contributed by atoms with van der Waals surface area (Å²) in [5.41, 5.74) is 8.12. The van der Waals surface area contributed by atoms with Crippen LogP contribution in [0.1, 0.15) is 5.56 Å². The molecule has 3 rings (SSSR count). The van der Waals surface area contributed by atoms with E-state index in [-0.39, 0.29) is 0 Å². The van der Waals surface area contributed by atoms with Crippen LogP contribution in [0.15, 0.2) is 48.5 Å². The van der Waals surface area contributed by atoms with Gasteiger partial charge in [0.1, 0.15) is 6.07 Å². The van der Waals surface area contributed by atoms with E-state index in [2.05, 4.69) is 21.6 Å². The molecule has 1 aromatic heterocycles. The van der Waals surface area contributed by atoms with Gasteiger partial charge >= 0.3 is 0 Å². The molecule has 20 heavy (non-hydrogen) atoms. The van der Waals surface area contributed by atoms with Crippen LogP contribution in [0.2, 0.25) is 0 Å². The van der Waals surface area contributed by atoms with Crippen LogP contribution in [0, 0.1) is 11.3 Å². The van der Waals surface area contributed by atoms with E-state index in [1.807, 2.05) is 30.3 Å². The van der Waals surface area contributed by atoms with Crippen molar-refractivity contribution in [1.29, 1.82) is 5.26 Å². The van der Waals surface area contributed by atoms with Crippen LogP contribution >= 0.6 is 0 Å². The summed E-state index contributed by atoms with van der Waals surface area (Å²) in [7, 11) is 0. The molecule has 0 saturated heterocycles.